The van der Waals surface area contributed by atoms with Crippen LogP contribution in [0.5, 0.6) is 5.75 Å². The van der Waals surface area contributed by atoms with Crippen LogP contribution in [-0.2, 0) is 0 Å². The first kappa shape index (κ1) is 16.9. The van der Waals surface area contributed by atoms with Gasteiger partial charge in [0.25, 0.3) is 0 Å². The van der Waals surface area contributed by atoms with Crippen molar-refractivity contribution < 1.29 is 13.9 Å². The van der Waals surface area contributed by atoms with Gasteiger partial charge in [-0.25, -0.2) is 9.18 Å². The van der Waals surface area contributed by atoms with Gasteiger partial charge in [-0.3, -0.25) is 0 Å². The average Bonchev–Trinajstić information content (AvgIpc) is 3.08. The molecule has 1 heterocycles. The Bertz CT molecular complexity index is 742. The lowest BCUT2D eigenvalue weighted by molar-refractivity contribution is 0.214. The summed E-state index contributed by atoms with van der Waals surface area (Å²) < 4.78 is 18.4. The Labute approximate surface area is 148 Å². The molecular formula is C17H16ClFN2O2S. The highest BCUT2D eigenvalue weighted by atomic mass is 35.5. The molecule has 0 spiro atoms. The number of nitrogens with zero attached hydrogens (tertiary/aromatic N) is 1. The summed E-state index contributed by atoms with van der Waals surface area (Å²) in [5, 5.41) is 2.69. The van der Waals surface area contributed by atoms with E-state index in [1.54, 1.807) is 23.8 Å². The smallest absolute Gasteiger partial charge is 0.323 e. The summed E-state index contributed by atoms with van der Waals surface area (Å²) in [4.78, 5) is 14.3. The quantitative estimate of drug-likeness (QED) is 0.850. The van der Waals surface area contributed by atoms with Crippen molar-refractivity contribution in [3.05, 3.63) is 58.9 Å². The molecule has 4 nitrogen and oxygen atoms in total. The Morgan fingerprint density at radius 3 is 2.75 bits per heavy atom. The zero-order valence-electron chi connectivity index (χ0n) is 13.0. The van der Waals surface area contributed by atoms with Gasteiger partial charge >= 0.3 is 6.03 Å². The summed E-state index contributed by atoms with van der Waals surface area (Å²) in [6.45, 7) is 0.641. The van der Waals surface area contributed by atoms with Crippen molar-refractivity contribution in [2.24, 2.45) is 0 Å². The number of carbonyl (C=O) groups is 1. The number of amides is 2. The summed E-state index contributed by atoms with van der Waals surface area (Å²) >= 11 is 7.45. The van der Waals surface area contributed by atoms with Crippen LogP contribution in [-0.4, -0.2) is 30.3 Å². The van der Waals surface area contributed by atoms with Crippen LogP contribution in [0.3, 0.4) is 0 Å². The second-order valence-corrected chi connectivity index (χ2v) is 6.84. The standard InChI is InChI=1S/C17H16ClFN2O2S/c1-23-13-5-2-11(3-6-13)16-21(8-9-24-16)17(22)20-12-4-7-15(19)14(18)10-12/h2-7,10,16H,8-9H2,1H3,(H,20,22). The average molecular weight is 367 g/mol. The molecule has 1 aliphatic heterocycles. The highest BCUT2D eigenvalue weighted by Crippen LogP contribution is 2.38. The summed E-state index contributed by atoms with van der Waals surface area (Å²) in [6.07, 6.45) is 0. The molecule has 1 aliphatic rings. The fraction of sp³-hybridized carbons (Fsp3) is 0.235. The number of urea groups is 1. The zero-order chi connectivity index (χ0) is 17.1. The molecule has 0 saturated carbocycles. The minimum Gasteiger partial charge on any atom is -0.497 e. The largest absolute Gasteiger partial charge is 0.497 e. The highest BCUT2D eigenvalue weighted by molar-refractivity contribution is 7.99. The van der Waals surface area contributed by atoms with E-state index in [4.69, 9.17) is 16.3 Å². The third kappa shape index (κ3) is 3.60. The number of carbonyl (C=O) groups excluding carboxylic acids is 1. The van der Waals surface area contributed by atoms with Gasteiger partial charge in [-0.1, -0.05) is 23.7 Å². The minimum absolute atomic E-state index is 0.0182. The number of nitrogens with one attached hydrogen (secondary N) is 1. The second kappa shape index (κ2) is 7.32. The summed E-state index contributed by atoms with van der Waals surface area (Å²) in [6, 6.07) is 11.6. The van der Waals surface area contributed by atoms with Gasteiger partial charge in [0.15, 0.2) is 0 Å². The first-order valence-electron chi connectivity index (χ1n) is 7.36. The van der Waals surface area contributed by atoms with Crippen LogP contribution in [0.2, 0.25) is 5.02 Å². The van der Waals surface area contributed by atoms with Gasteiger partial charge in [-0.05, 0) is 35.9 Å². The van der Waals surface area contributed by atoms with Crippen molar-refractivity contribution in [2.75, 3.05) is 24.7 Å². The lowest BCUT2D eigenvalue weighted by Crippen LogP contribution is -2.34. The molecule has 1 N–H and O–H groups in total. The molecule has 2 aromatic carbocycles. The van der Waals surface area contributed by atoms with Gasteiger partial charge in [0, 0.05) is 18.0 Å². The Morgan fingerprint density at radius 1 is 1.33 bits per heavy atom. The fourth-order valence-corrected chi connectivity index (χ4v) is 3.93. The molecule has 24 heavy (non-hydrogen) atoms. The van der Waals surface area contributed by atoms with Gasteiger partial charge in [0.05, 0.1) is 12.1 Å². The first-order valence-corrected chi connectivity index (χ1v) is 8.79. The predicted octanol–water partition coefficient (Wildman–Crippen LogP) is 4.77. The van der Waals surface area contributed by atoms with Crippen LogP contribution >= 0.6 is 23.4 Å². The van der Waals surface area contributed by atoms with Gasteiger partial charge in [-0.2, -0.15) is 0 Å². The third-order valence-electron chi connectivity index (χ3n) is 3.72. The van der Waals surface area contributed by atoms with E-state index >= 15 is 0 Å². The van der Waals surface area contributed by atoms with Crippen LogP contribution in [0.4, 0.5) is 14.9 Å². The molecule has 126 valence electrons. The van der Waals surface area contributed by atoms with Crippen molar-refractivity contribution in [3.63, 3.8) is 0 Å². The van der Waals surface area contributed by atoms with Gasteiger partial charge in [-0.15, -0.1) is 11.8 Å². The summed E-state index contributed by atoms with van der Waals surface area (Å²) in [5.74, 6) is 1.12. The van der Waals surface area contributed by atoms with Gasteiger partial charge in [0.2, 0.25) is 0 Å². The van der Waals surface area contributed by atoms with Crippen LogP contribution < -0.4 is 10.1 Å². The molecule has 1 fully saturated rings. The second-order valence-electron chi connectivity index (χ2n) is 5.25. The number of ether oxygens (including phenoxy) is 1. The molecule has 0 radical (unpaired) electrons. The molecule has 1 atom stereocenters. The van der Waals surface area contributed by atoms with Crippen LogP contribution in [0.25, 0.3) is 0 Å². The molecule has 1 saturated heterocycles. The normalized spacial score (nSPS) is 17.0. The van der Waals surface area contributed by atoms with Crippen LogP contribution in [0.15, 0.2) is 42.5 Å². The van der Waals surface area contributed by atoms with Gasteiger partial charge in [0.1, 0.15) is 16.9 Å². The number of anilines is 1. The number of hydrogen-bond donors (Lipinski definition) is 1. The van der Waals surface area contributed by atoms with Crippen molar-refractivity contribution in [1.29, 1.82) is 0 Å². The van der Waals surface area contributed by atoms with E-state index in [9.17, 15) is 9.18 Å². The highest BCUT2D eigenvalue weighted by Gasteiger charge is 2.30. The first-order chi connectivity index (χ1) is 11.6. The number of halogens is 2. The monoisotopic (exact) mass is 366 g/mol. The number of thioether (sulfide) groups is 1. The molecule has 1 unspecified atom stereocenters. The lowest BCUT2D eigenvalue weighted by atomic mass is 10.2. The maximum absolute atomic E-state index is 13.2. The topological polar surface area (TPSA) is 41.6 Å². The molecule has 0 aliphatic carbocycles. The SMILES string of the molecule is COc1ccc(C2SCCN2C(=O)Nc2ccc(F)c(Cl)c2)cc1. The van der Waals surface area contributed by atoms with E-state index in [0.717, 1.165) is 17.1 Å². The number of benzene rings is 2. The maximum atomic E-state index is 13.2. The minimum atomic E-state index is -0.512. The molecule has 2 aromatic rings. The Balaban J connectivity index is 1.74. The van der Waals surface area contributed by atoms with E-state index in [-0.39, 0.29) is 16.4 Å². The number of hydrogen-bond acceptors (Lipinski definition) is 3. The van der Waals surface area contributed by atoms with Crippen molar-refractivity contribution in [3.8, 4) is 5.75 Å². The van der Waals surface area contributed by atoms with Crippen molar-refractivity contribution in [2.45, 2.75) is 5.37 Å². The van der Waals surface area contributed by atoms with Crippen molar-refractivity contribution in [1.82, 2.24) is 4.90 Å². The molecular weight excluding hydrogens is 351 g/mol. The Morgan fingerprint density at radius 2 is 2.08 bits per heavy atom. The van der Waals surface area contributed by atoms with E-state index < -0.39 is 5.82 Å². The molecule has 2 amide bonds. The lowest BCUT2D eigenvalue weighted by Gasteiger charge is -2.24. The summed E-state index contributed by atoms with van der Waals surface area (Å²) in [7, 11) is 1.62. The zero-order valence-corrected chi connectivity index (χ0v) is 14.5. The van der Waals surface area contributed by atoms with Crippen LogP contribution in [0.1, 0.15) is 10.9 Å². The third-order valence-corrected chi connectivity index (χ3v) is 5.27. The van der Waals surface area contributed by atoms with Crippen LogP contribution in [0, 0.1) is 5.82 Å². The van der Waals surface area contributed by atoms with E-state index in [2.05, 4.69) is 5.32 Å². The predicted molar refractivity (Wildman–Crippen MR) is 95.3 cm³/mol. The molecule has 0 aromatic heterocycles. The van der Waals surface area contributed by atoms with Crippen molar-refractivity contribution >= 4 is 35.1 Å². The number of methoxy groups -OCH3 is 1. The number of rotatable bonds is 3. The van der Waals surface area contributed by atoms with E-state index in [1.807, 2.05) is 24.3 Å². The fourth-order valence-electron chi connectivity index (χ4n) is 2.49. The maximum Gasteiger partial charge on any atom is 0.323 e. The van der Waals surface area contributed by atoms with E-state index in [1.165, 1.54) is 18.2 Å². The Hall–Kier alpha value is -1.92. The molecule has 3 rings (SSSR count). The Kier molecular flexibility index (Phi) is 5.16. The van der Waals surface area contributed by atoms with Gasteiger partial charge < -0.3 is 15.0 Å². The molecule has 7 heteroatoms. The van der Waals surface area contributed by atoms with E-state index in [0.29, 0.717) is 12.2 Å². The summed E-state index contributed by atoms with van der Waals surface area (Å²) in [5.41, 5.74) is 1.50. The molecule has 0 bridgehead atoms.